The van der Waals surface area contributed by atoms with Crippen LogP contribution in [0.5, 0.6) is 0 Å². The van der Waals surface area contributed by atoms with Gasteiger partial charge in [-0.05, 0) is 32.1 Å². The lowest BCUT2D eigenvalue weighted by Crippen LogP contribution is -2.67. The first-order chi connectivity index (χ1) is 22.2. The highest BCUT2D eigenvalue weighted by Crippen LogP contribution is 2.39. The Labute approximate surface area is 269 Å². The molecule has 0 aromatic rings. The van der Waals surface area contributed by atoms with Gasteiger partial charge in [-0.25, -0.2) is 22.4 Å². The van der Waals surface area contributed by atoms with Crippen LogP contribution in [-0.4, -0.2) is 130 Å². The summed E-state index contributed by atoms with van der Waals surface area (Å²) in [5, 5.41) is 54.2. The molecular formula is C30H47F4NO12. The maximum Gasteiger partial charge on any atom is 0.332 e. The van der Waals surface area contributed by atoms with E-state index in [1.165, 1.54) is 6.92 Å². The normalized spacial score (nSPS) is 41.1. The topological polar surface area (TPSA) is 193 Å². The van der Waals surface area contributed by atoms with Crippen molar-refractivity contribution in [2.45, 2.75) is 164 Å². The molecule has 0 bridgehead atoms. The van der Waals surface area contributed by atoms with Crippen LogP contribution in [-0.2, 0) is 33.3 Å². The molecular weight excluding hydrogens is 642 g/mol. The molecule has 6 N–H and O–H groups in total. The Balaban J connectivity index is 1.62. The third kappa shape index (κ3) is 9.30. The minimum atomic E-state index is -3.32. The van der Waals surface area contributed by atoms with E-state index in [2.05, 4.69) is 5.32 Å². The zero-order valence-electron chi connectivity index (χ0n) is 26.3. The number of amides is 1. The van der Waals surface area contributed by atoms with E-state index in [1.54, 1.807) is 0 Å². The molecule has 0 spiro atoms. The van der Waals surface area contributed by atoms with E-state index in [-0.39, 0.29) is 31.6 Å². The molecule has 13 nitrogen and oxygen atoms in total. The van der Waals surface area contributed by atoms with Gasteiger partial charge in [-0.2, -0.15) is 0 Å². The second kappa shape index (κ2) is 16.8. The number of hydrogen-bond donors (Lipinski definition) is 6. The van der Waals surface area contributed by atoms with Crippen molar-refractivity contribution in [3.63, 3.8) is 0 Å². The average Bonchev–Trinajstić information content (AvgIpc) is 3.01. The molecule has 4 rings (SSSR count). The number of aliphatic carboxylic acids is 1. The second-order valence-electron chi connectivity index (χ2n) is 13.1. The van der Waals surface area contributed by atoms with Crippen molar-refractivity contribution in [3.8, 4) is 0 Å². The summed E-state index contributed by atoms with van der Waals surface area (Å²) in [4.78, 5) is 24.6. The Morgan fingerprint density at radius 3 is 2.09 bits per heavy atom. The maximum absolute atomic E-state index is 14.3. The number of alkyl halides is 4. The molecule has 0 radical (unpaired) electrons. The van der Waals surface area contributed by atoms with E-state index in [4.69, 9.17) is 23.7 Å². The van der Waals surface area contributed by atoms with Crippen LogP contribution in [0.2, 0.25) is 0 Å². The third-order valence-corrected chi connectivity index (χ3v) is 9.65. The largest absolute Gasteiger partial charge is 0.479 e. The molecule has 2 saturated carbocycles. The van der Waals surface area contributed by atoms with Crippen LogP contribution in [0.25, 0.3) is 0 Å². The quantitative estimate of drug-likeness (QED) is 0.161. The van der Waals surface area contributed by atoms with Gasteiger partial charge in [0.1, 0.15) is 42.7 Å². The highest BCUT2D eigenvalue weighted by atomic mass is 19.3. The van der Waals surface area contributed by atoms with Crippen molar-refractivity contribution >= 4 is 11.9 Å². The van der Waals surface area contributed by atoms with Gasteiger partial charge in [0.05, 0.1) is 18.3 Å². The number of aliphatic hydroxyl groups excluding tert-OH is 4. The zero-order valence-corrected chi connectivity index (χ0v) is 26.3. The van der Waals surface area contributed by atoms with Gasteiger partial charge in [0, 0.05) is 12.8 Å². The summed E-state index contributed by atoms with van der Waals surface area (Å²) in [6.45, 7) is 2.45. The molecule has 2 heterocycles. The molecule has 2 aliphatic carbocycles. The molecule has 17 heteroatoms. The van der Waals surface area contributed by atoms with Crippen molar-refractivity contribution in [1.29, 1.82) is 0 Å². The van der Waals surface area contributed by atoms with Crippen molar-refractivity contribution < 1.29 is 76.4 Å². The highest BCUT2D eigenvalue weighted by Gasteiger charge is 2.54. The molecule has 5 unspecified atom stereocenters. The summed E-state index contributed by atoms with van der Waals surface area (Å²) in [5.41, 5.74) is 0. The summed E-state index contributed by atoms with van der Waals surface area (Å²) in [6, 6.07) is -1.56. The Kier molecular flexibility index (Phi) is 13.6. The van der Waals surface area contributed by atoms with Crippen molar-refractivity contribution in [1.82, 2.24) is 5.32 Å². The van der Waals surface area contributed by atoms with E-state index < -0.39 is 110 Å². The number of rotatable bonds is 12. The SMILES string of the molecule is CC(=O)NC1C(O[C@@H](CC2CCCCC2)C(=O)O)[C@H](O)[C@H](C(F)F)O[C@H]1O[C@@H]1CCCC(C(F)F)[C@H]1OC1O[C@@H](C)C(O)[C@H](O)[C@@H]1O. The molecule has 14 atom stereocenters. The van der Waals surface area contributed by atoms with Crippen LogP contribution in [0.1, 0.15) is 71.6 Å². The summed E-state index contributed by atoms with van der Waals surface area (Å²) in [7, 11) is 0. The predicted octanol–water partition coefficient (Wildman–Crippen LogP) is 1.31. The number of aliphatic hydroxyl groups is 4. The Morgan fingerprint density at radius 2 is 1.49 bits per heavy atom. The van der Waals surface area contributed by atoms with Crippen molar-refractivity contribution in [3.05, 3.63) is 0 Å². The van der Waals surface area contributed by atoms with E-state index in [1.807, 2.05) is 0 Å². The molecule has 0 aromatic carbocycles. The second-order valence-corrected chi connectivity index (χ2v) is 13.1. The number of hydrogen-bond acceptors (Lipinski definition) is 11. The van der Waals surface area contributed by atoms with E-state index in [9.17, 15) is 52.7 Å². The number of halogens is 4. The van der Waals surface area contributed by atoms with Gasteiger partial charge in [0.25, 0.3) is 6.43 Å². The zero-order chi connectivity index (χ0) is 34.6. The van der Waals surface area contributed by atoms with Crippen LogP contribution < -0.4 is 5.32 Å². The lowest BCUT2D eigenvalue weighted by molar-refractivity contribution is -0.344. The number of carbonyl (C=O) groups excluding carboxylic acids is 1. The summed E-state index contributed by atoms with van der Waals surface area (Å²) in [5.74, 6) is -3.66. The molecule has 1 amide bonds. The Morgan fingerprint density at radius 1 is 0.809 bits per heavy atom. The number of nitrogens with one attached hydrogen (secondary N) is 1. The van der Waals surface area contributed by atoms with E-state index in [0.717, 1.165) is 39.0 Å². The molecule has 4 aliphatic rings. The molecule has 2 aliphatic heterocycles. The standard InChI is InChI=1S/C30H47F4NO12/c1-12-19(37)20(38)21(39)30(43-12)46-23-15(26(31)32)9-6-10-16(23)45-29-18(35-13(2)36)24(22(40)25(47-29)27(33)34)44-17(28(41)42)11-14-7-4-3-5-8-14/h12,14-27,29-30,37-40H,3-11H2,1-2H3,(H,35,36)(H,41,42)/t12-,15?,16+,17-,18?,19?,20-,21-,22-,23+,24?,25+,29+,30?/m0/s1. The van der Waals surface area contributed by atoms with Crippen molar-refractivity contribution in [2.24, 2.45) is 11.8 Å². The summed E-state index contributed by atoms with van der Waals surface area (Å²) >= 11 is 0. The van der Waals surface area contributed by atoms with Crippen LogP contribution in [0.4, 0.5) is 17.6 Å². The van der Waals surface area contributed by atoms with Gasteiger partial charge >= 0.3 is 5.97 Å². The van der Waals surface area contributed by atoms with E-state index in [0.29, 0.717) is 0 Å². The minimum Gasteiger partial charge on any atom is -0.479 e. The number of carbonyl (C=O) groups is 2. The molecule has 4 fully saturated rings. The fraction of sp³-hybridized carbons (Fsp3) is 0.933. The van der Waals surface area contributed by atoms with Gasteiger partial charge in [0.2, 0.25) is 12.3 Å². The maximum atomic E-state index is 14.3. The first-order valence-corrected chi connectivity index (χ1v) is 16.2. The number of carboxylic acids is 1. The molecule has 47 heavy (non-hydrogen) atoms. The lowest BCUT2D eigenvalue weighted by Gasteiger charge is -2.48. The monoisotopic (exact) mass is 689 g/mol. The first-order valence-electron chi connectivity index (χ1n) is 16.2. The van der Waals surface area contributed by atoms with Gasteiger partial charge in [-0.3, -0.25) is 4.79 Å². The summed E-state index contributed by atoms with van der Waals surface area (Å²) in [6.07, 6.45) is -22.1. The third-order valence-electron chi connectivity index (χ3n) is 9.65. The van der Waals surface area contributed by atoms with E-state index >= 15 is 0 Å². The average molecular weight is 690 g/mol. The lowest BCUT2D eigenvalue weighted by atomic mass is 9.84. The Hall–Kier alpha value is -1.70. The highest BCUT2D eigenvalue weighted by molar-refractivity contribution is 5.73. The smallest absolute Gasteiger partial charge is 0.332 e. The van der Waals surface area contributed by atoms with Gasteiger partial charge < -0.3 is 54.5 Å². The van der Waals surface area contributed by atoms with Gasteiger partial charge in [-0.1, -0.05) is 38.5 Å². The first kappa shape index (κ1) is 38.1. The summed E-state index contributed by atoms with van der Waals surface area (Å²) < 4.78 is 85.6. The number of carboxylic acid groups (broad SMARTS) is 1. The predicted molar refractivity (Wildman–Crippen MR) is 151 cm³/mol. The number of ether oxygens (including phenoxy) is 5. The molecule has 272 valence electrons. The van der Waals surface area contributed by atoms with Crippen molar-refractivity contribution in [2.75, 3.05) is 0 Å². The fourth-order valence-electron chi connectivity index (χ4n) is 7.09. The van der Waals surface area contributed by atoms with Crippen LogP contribution in [0.15, 0.2) is 0 Å². The fourth-order valence-corrected chi connectivity index (χ4v) is 7.09. The van der Waals surface area contributed by atoms with Gasteiger partial charge in [-0.15, -0.1) is 0 Å². The van der Waals surface area contributed by atoms with Crippen LogP contribution in [0, 0.1) is 11.8 Å². The van der Waals surface area contributed by atoms with Crippen LogP contribution >= 0.6 is 0 Å². The molecule has 0 aromatic heterocycles. The van der Waals surface area contributed by atoms with Gasteiger partial charge in [0.15, 0.2) is 18.7 Å². The van der Waals surface area contributed by atoms with Crippen LogP contribution in [0.3, 0.4) is 0 Å². The Bertz CT molecular complexity index is 1030. The minimum absolute atomic E-state index is 0.0230. The molecule has 2 saturated heterocycles.